The molecule has 1 amide bonds. The molecule has 1 heterocycles. The van der Waals surface area contributed by atoms with Crippen molar-refractivity contribution in [1.29, 1.82) is 0 Å². The van der Waals surface area contributed by atoms with Gasteiger partial charge >= 0.3 is 6.09 Å². The molecule has 19 heavy (non-hydrogen) atoms. The summed E-state index contributed by atoms with van der Waals surface area (Å²) in [5.74, 6) is 0. The number of alkyl carbamates (subject to hydrolysis) is 1. The lowest BCUT2D eigenvalue weighted by Crippen LogP contribution is -2.27. The first-order valence-electron chi connectivity index (χ1n) is 6.04. The lowest BCUT2D eigenvalue weighted by Gasteiger charge is -2.11. The molecule has 1 aromatic carbocycles. The van der Waals surface area contributed by atoms with E-state index in [-0.39, 0.29) is 12.6 Å². The van der Waals surface area contributed by atoms with Crippen LogP contribution in [0.4, 0.5) is 4.79 Å². The Morgan fingerprint density at radius 1 is 1.42 bits per heavy atom. The Morgan fingerprint density at radius 2 is 2.16 bits per heavy atom. The van der Waals surface area contributed by atoms with Gasteiger partial charge < -0.3 is 10.1 Å². The van der Waals surface area contributed by atoms with Gasteiger partial charge in [0.15, 0.2) is 0 Å². The van der Waals surface area contributed by atoms with Crippen LogP contribution in [-0.4, -0.2) is 11.1 Å². The fraction of sp³-hybridized carbons (Fsp3) is 0.286. The first-order chi connectivity index (χ1) is 9.15. The molecule has 0 saturated carbocycles. The first-order valence-corrected chi connectivity index (χ1v) is 6.92. The maximum absolute atomic E-state index is 11.7. The van der Waals surface area contributed by atoms with Crippen molar-refractivity contribution in [2.45, 2.75) is 26.5 Å². The van der Waals surface area contributed by atoms with Gasteiger partial charge in [-0.15, -0.1) is 11.3 Å². The standard InChI is InChI=1S/C14H16N2O2S/c1-10-9-19-13(15-10)11(2)16-14(17)18-8-12-6-4-3-5-7-12/h3-7,9,11H,8H2,1-2H3,(H,16,17). The third kappa shape index (κ3) is 4.06. The van der Waals surface area contributed by atoms with Crippen LogP contribution in [0.15, 0.2) is 35.7 Å². The molecule has 5 heteroatoms. The van der Waals surface area contributed by atoms with Crippen LogP contribution >= 0.6 is 11.3 Å². The average Bonchev–Trinajstić information content (AvgIpc) is 2.84. The number of amides is 1. The minimum Gasteiger partial charge on any atom is -0.445 e. The Kier molecular flexibility index (Phi) is 4.52. The second kappa shape index (κ2) is 6.33. The quantitative estimate of drug-likeness (QED) is 0.930. The van der Waals surface area contributed by atoms with Crippen LogP contribution in [0.25, 0.3) is 0 Å². The highest BCUT2D eigenvalue weighted by atomic mass is 32.1. The van der Waals surface area contributed by atoms with Gasteiger partial charge in [0.05, 0.1) is 6.04 Å². The highest BCUT2D eigenvalue weighted by Crippen LogP contribution is 2.17. The maximum Gasteiger partial charge on any atom is 0.408 e. The Labute approximate surface area is 116 Å². The molecule has 0 bridgehead atoms. The van der Waals surface area contributed by atoms with Crippen LogP contribution in [0.3, 0.4) is 0 Å². The maximum atomic E-state index is 11.7. The Balaban J connectivity index is 1.81. The summed E-state index contributed by atoms with van der Waals surface area (Å²) in [4.78, 5) is 16.0. The van der Waals surface area contributed by atoms with E-state index < -0.39 is 6.09 Å². The summed E-state index contributed by atoms with van der Waals surface area (Å²) in [6.45, 7) is 4.10. The molecule has 2 rings (SSSR count). The number of rotatable bonds is 4. The van der Waals surface area contributed by atoms with Gasteiger partial charge in [-0.3, -0.25) is 0 Å². The summed E-state index contributed by atoms with van der Waals surface area (Å²) < 4.78 is 5.15. The molecule has 1 unspecified atom stereocenters. The second-order valence-corrected chi connectivity index (χ2v) is 5.14. The summed E-state index contributed by atoms with van der Waals surface area (Å²) in [6, 6.07) is 9.45. The molecule has 100 valence electrons. The number of aryl methyl sites for hydroxylation is 1. The number of benzene rings is 1. The number of carbonyl (C=O) groups is 1. The molecule has 0 fully saturated rings. The van der Waals surface area contributed by atoms with E-state index in [1.54, 1.807) is 0 Å². The Hall–Kier alpha value is -1.88. The van der Waals surface area contributed by atoms with Crippen molar-refractivity contribution in [3.63, 3.8) is 0 Å². The monoisotopic (exact) mass is 276 g/mol. The zero-order chi connectivity index (χ0) is 13.7. The van der Waals surface area contributed by atoms with Gasteiger partial charge in [-0.2, -0.15) is 0 Å². The third-order valence-corrected chi connectivity index (χ3v) is 3.70. The Bertz CT molecular complexity index is 539. The van der Waals surface area contributed by atoms with Crippen molar-refractivity contribution in [3.05, 3.63) is 52.0 Å². The van der Waals surface area contributed by atoms with Crippen molar-refractivity contribution < 1.29 is 9.53 Å². The minimum absolute atomic E-state index is 0.137. The van der Waals surface area contributed by atoms with Crippen molar-refractivity contribution in [3.8, 4) is 0 Å². The van der Waals surface area contributed by atoms with Crippen LogP contribution in [-0.2, 0) is 11.3 Å². The van der Waals surface area contributed by atoms with Gasteiger partial charge in [-0.05, 0) is 19.4 Å². The number of nitrogens with zero attached hydrogens (tertiary/aromatic N) is 1. The van der Waals surface area contributed by atoms with Crippen LogP contribution in [0.5, 0.6) is 0 Å². The van der Waals surface area contributed by atoms with E-state index in [2.05, 4.69) is 10.3 Å². The van der Waals surface area contributed by atoms with Crippen molar-refractivity contribution in [1.82, 2.24) is 10.3 Å². The number of hydrogen-bond acceptors (Lipinski definition) is 4. The van der Waals surface area contributed by atoms with Gasteiger partial charge in [0.2, 0.25) is 0 Å². The molecular weight excluding hydrogens is 260 g/mol. The van der Waals surface area contributed by atoms with Gasteiger partial charge in [0.25, 0.3) is 0 Å². The summed E-state index contributed by atoms with van der Waals surface area (Å²) in [5.41, 5.74) is 1.93. The number of aromatic nitrogens is 1. The average molecular weight is 276 g/mol. The number of hydrogen-bond donors (Lipinski definition) is 1. The molecule has 4 nitrogen and oxygen atoms in total. The molecule has 0 saturated heterocycles. The molecule has 1 aromatic heterocycles. The zero-order valence-electron chi connectivity index (χ0n) is 10.9. The smallest absolute Gasteiger partial charge is 0.408 e. The molecule has 0 aliphatic carbocycles. The van der Waals surface area contributed by atoms with E-state index in [0.29, 0.717) is 0 Å². The number of carbonyl (C=O) groups excluding carboxylic acids is 1. The largest absolute Gasteiger partial charge is 0.445 e. The summed E-state index contributed by atoms with van der Waals surface area (Å²) in [5, 5.41) is 5.61. The predicted molar refractivity (Wildman–Crippen MR) is 75.0 cm³/mol. The second-order valence-electron chi connectivity index (χ2n) is 4.25. The summed E-state index contributed by atoms with van der Waals surface area (Å²) in [6.07, 6.45) is -0.427. The van der Waals surface area contributed by atoms with Crippen LogP contribution in [0.1, 0.15) is 29.2 Å². The number of ether oxygens (including phenoxy) is 1. The first kappa shape index (κ1) is 13.5. The van der Waals surface area contributed by atoms with Crippen molar-refractivity contribution in [2.75, 3.05) is 0 Å². The van der Waals surface area contributed by atoms with E-state index in [9.17, 15) is 4.79 Å². The lowest BCUT2D eigenvalue weighted by molar-refractivity contribution is 0.136. The molecular formula is C14H16N2O2S. The molecule has 0 spiro atoms. The van der Waals surface area contributed by atoms with Gasteiger partial charge in [-0.25, -0.2) is 9.78 Å². The number of nitrogens with one attached hydrogen (secondary N) is 1. The molecule has 2 aromatic rings. The molecule has 0 aliphatic rings. The fourth-order valence-electron chi connectivity index (χ4n) is 1.57. The predicted octanol–water partition coefficient (Wildman–Crippen LogP) is 3.44. The van der Waals surface area contributed by atoms with E-state index in [1.165, 1.54) is 11.3 Å². The highest BCUT2D eigenvalue weighted by molar-refractivity contribution is 7.09. The van der Waals surface area contributed by atoms with E-state index >= 15 is 0 Å². The molecule has 1 N–H and O–H groups in total. The summed E-state index contributed by atoms with van der Waals surface area (Å²) in [7, 11) is 0. The normalized spacial score (nSPS) is 11.9. The SMILES string of the molecule is Cc1csc(C(C)NC(=O)OCc2ccccc2)n1. The van der Waals surface area contributed by atoms with Gasteiger partial charge in [0, 0.05) is 11.1 Å². The van der Waals surface area contributed by atoms with Crippen LogP contribution < -0.4 is 5.32 Å². The van der Waals surface area contributed by atoms with E-state index in [4.69, 9.17) is 4.74 Å². The Morgan fingerprint density at radius 3 is 2.79 bits per heavy atom. The molecule has 1 atom stereocenters. The zero-order valence-corrected chi connectivity index (χ0v) is 11.7. The van der Waals surface area contributed by atoms with Crippen molar-refractivity contribution in [2.24, 2.45) is 0 Å². The fourth-order valence-corrected chi connectivity index (χ4v) is 2.38. The third-order valence-electron chi connectivity index (χ3n) is 2.55. The lowest BCUT2D eigenvalue weighted by atomic mass is 10.2. The molecule has 0 aliphatic heterocycles. The van der Waals surface area contributed by atoms with Crippen LogP contribution in [0.2, 0.25) is 0 Å². The van der Waals surface area contributed by atoms with Crippen molar-refractivity contribution >= 4 is 17.4 Å². The van der Waals surface area contributed by atoms with Crippen LogP contribution in [0, 0.1) is 6.92 Å². The summed E-state index contributed by atoms with van der Waals surface area (Å²) >= 11 is 1.53. The van der Waals surface area contributed by atoms with Gasteiger partial charge in [0.1, 0.15) is 11.6 Å². The molecule has 0 radical (unpaired) electrons. The highest BCUT2D eigenvalue weighted by Gasteiger charge is 2.13. The van der Waals surface area contributed by atoms with E-state index in [0.717, 1.165) is 16.3 Å². The van der Waals surface area contributed by atoms with Gasteiger partial charge in [-0.1, -0.05) is 30.3 Å². The topological polar surface area (TPSA) is 51.2 Å². The number of thiazole rings is 1. The minimum atomic E-state index is -0.427. The van der Waals surface area contributed by atoms with E-state index in [1.807, 2.05) is 49.6 Å².